The Bertz CT molecular complexity index is 750. The first-order valence-corrected chi connectivity index (χ1v) is 8.51. The first kappa shape index (κ1) is 25.8. The van der Waals surface area contributed by atoms with Crippen molar-refractivity contribution < 1.29 is 44.4 Å². The second-order valence-electron chi connectivity index (χ2n) is 5.87. The van der Waals surface area contributed by atoms with E-state index in [9.17, 15) is 0 Å². The summed E-state index contributed by atoms with van der Waals surface area (Å²) in [6.07, 6.45) is 15.1. The largest absolute Gasteiger partial charge is 0.512 e. The molecule has 0 aliphatic heterocycles. The molecule has 0 spiro atoms. The molecule has 0 bridgehead atoms. The van der Waals surface area contributed by atoms with E-state index in [4.69, 9.17) is 10.2 Å². The molecule has 0 heterocycles. The summed E-state index contributed by atoms with van der Waals surface area (Å²) in [6, 6.07) is 16.7. The molecule has 0 amide bonds. The minimum Gasteiger partial charge on any atom is -0.512 e. The second kappa shape index (κ2) is 13.9. The molecule has 0 fully saturated rings. The number of allylic oxidation sites excluding steroid dienone is 12. The average Bonchev–Trinajstić information content (AvgIpc) is 3.47. The number of aliphatic hydroxyl groups excluding tert-OH is 2. The summed E-state index contributed by atoms with van der Waals surface area (Å²) < 4.78 is 0. The normalized spacial score (nSPS) is 12.4. The van der Waals surface area contributed by atoms with Crippen LogP contribution in [0.3, 0.4) is 0 Å². The van der Waals surface area contributed by atoms with Crippen molar-refractivity contribution in [3.05, 3.63) is 120 Å². The van der Waals surface area contributed by atoms with E-state index in [2.05, 4.69) is 48.5 Å². The zero-order valence-corrected chi connectivity index (χ0v) is 18.0. The first-order valence-electron chi connectivity index (χ1n) is 8.51. The Kier molecular flexibility index (Phi) is 12.8. The summed E-state index contributed by atoms with van der Waals surface area (Å²) in [5.41, 5.74) is 4.44. The van der Waals surface area contributed by atoms with Crippen LogP contribution in [0.1, 0.15) is 13.8 Å². The van der Waals surface area contributed by atoms with Crippen LogP contribution < -0.4 is 0 Å². The van der Waals surface area contributed by atoms with Crippen LogP contribution in [0.5, 0.6) is 0 Å². The van der Waals surface area contributed by atoms with Crippen molar-refractivity contribution >= 4 is 0 Å². The minimum absolute atomic E-state index is 0. The van der Waals surface area contributed by atoms with Gasteiger partial charge in [-0.15, -0.1) is 0 Å². The minimum atomic E-state index is 0. The van der Waals surface area contributed by atoms with Gasteiger partial charge in [-0.3, -0.25) is 0 Å². The first-order chi connectivity index (χ1) is 12.6. The van der Waals surface area contributed by atoms with Crippen molar-refractivity contribution in [2.75, 3.05) is 0 Å². The van der Waals surface area contributed by atoms with Gasteiger partial charge >= 0.3 is 0 Å². The molecule has 2 aromatic rings. The van der Waals surface area contributed by atoms with Crippen molar-refractivity contribution in [2.45, 2.75) is 13.8 Å². The van der Waals surface area contributed by atoms with Gasteiger partial charge < -0.3 is 10.2 Å². The van der Waals surface area contributed by atoms with E-state index < -0.39 is 0 Å². The molecule has 2 aromatic carbocycles. The molecule has 4 rings (SSSR count). The standard InChI is InChI=1S/C10H8.2C7H8O.2Fe/c1-2-6-9(5-1)10-7-3-4-8-10;2*1-6(8)7-4-2-3-5-7;;/h1-8H;2*2-5,8H,1H3;;/q-2;;;;. The zero-order valence-electron chi connectivity index (χ0n) is 15.8. The molecule has 0 aromatic heterocycles. The molecule has 0 saturated carbocycles. The number of hydrogen-bond acceptors (Lipinski definition) is 2. The Morgan fingerprint density at radius 3 is 1.00 bits per heavy atom. The van der Waals surface area contributed by atoms with E-state index in [0.29, 0.717) is 11.5 Å². The summed E-state index contributed by atoms with van der Waals surface area (Å²) in [4.78, 5) is 0. The van der Waals surface area contributed by atoms with Crippen LogP contribution in [0.2, 0.25) is 0 Å². The smallest absolute Gasteiger partial charge is 0.0963 e. The van der Waals surface area contributed by atoms with E-state index >= 15 is 0 Å². The molecule has 2 aliphatic rings. The van der Waals surface area contributed by atoms with Crippen molar-refractivity contribution in [1.29, 1.82) is 0 Å². The van der Waals surface area contributed by atoms with Crippen LogP contribution in [-0.4, -0.2) is 10.2 Å². The van der Waals surface area contributed by atoms with E-state index in [-0.39, 0.29) is 34.1 Å². The van der Waals surface area contributed by atoms with Gasteiger partial charge in [0.1, 0.15) is 0 Å². The van der Waals surface area contributed by atoms with Gasteiger partial charge in [0, 0.05) is 45.3 Å². The fourth-order valence-corrected chi connectivity index (χ4v) is 2.36. The van der Waals surface area contributed by atoms with Crippen LogP contribution >= 0.6 is 0 Å². The van der Waals surface area contributed by atoms with Crippen LogP contribution in [0.25, 0.3) is 11.1 Å². The van der Waals surface area contributed by atoms with Crippen molar-refractivity contribution in [3.63, 3.8) is 0 Å². The van der Waals surface area contributed by atoms with Gasteiger partial charge in [-0.2, -0.15) is 59.7 Å². The third kappa shape index (κ3) is 8.64. The van der Waals surface area contributed by atoms with Gasteiger partial charge in [-0.25, -0.2) is 0 Å². The monoisotopic (exact) mass is 456 g/mol. The molecule has 0 saturated heterocycles. The molecule has 4 heteroatoms. The molecule has 0 unspecified atom stereocenters. The van der Waals surface area contributed by atoms with Crippen LogP contribution in [-0.2, 0) is 34.1 Å². The molecular formula is C24H24Fe2O2-2. The fourth-order valence-electron chi connectivity index (χ4n) is 2.36. The molecule has 2 N–H and O–H groups in total. The Labute approximate surface area is 188 Å². The SMILES string of the molecule is CC(O)=C1C=CC=C1.CC(O)=C1C=CC=C1.[Fe].[Fe].c1cc[c-](-[c-]2cccc2)c1. The number of hydrogen-bond donors (Lipinski definition) is 2. The maximum atomic E-state index is 8.83. The van der Waals surface area contributed by atoms with Crippen LogP contribution in [0.4, 0.5) is 0 Å². The van der Waals surface area contributed by atoms with E-state index in [1.165, 1.54) is 11.1 Å². The maximum Gasteiger partial charge on any atom is 0.0963 e. The summed E-state index contributed by atoms with van der Waals surface area (Å²) in [5, 5.41) is 17.7. The van der Waals surface area contributed by atoms with Gasteiger partial charge in [0.15, 0.2) is 0 Å². The summed E-state index contributed by atoms with van der Waals surface area (Å²) in [7, 11) is 0. The van der Waals surface area contributed by atoms with Crippen LogP contribution in [0.15, 0.2) is 120 Å². The van der Waals surface area contributed by atoms with Crippen LogP contribution in [0, 0.1) is 0 Å². The third-order valence-electron chi connectivity index (χ3n) is 3.82. The summed E-state index contributed by atoms with van der Waals surface area (Å²) in [6.45, 7) is 3.35. The second-order valence-corrected chi connectivity index (χ2v) is 5.87. The summed E-state index contributed by atoms with van der Waals surface area (Å²) >= 11 is 0. The van der Waals surface area contributed by atoms with Gasteiger partial charge in [0.25, 0.3) is 0 Å². The van der Waals surface area contributed by atoms with Crippen molar-refractivity contribution in [2.24, 2.45) is 0 Å². The average molecular weight is 456 g/mol. The van der Waals surface area contributed by atoms with Gasteiger partial charge in [0.2, 0.25) is 0 Å². The quantitative estimate of drug-likeness (QED) is 0.286. The molecule has 28 heavy (non-hydrogen) atoms. The molecular weight excluding hydrogens is 432 g/mol. The maximum absolute atomic E-state index is 8.83. The van der Waals surface area contributed by atoms with Gasteiger partial charge in [-0.05, 0) is 13.8 Å². The zero-order chi connectivity index (χ0) is 18.8. The Morgan fingerprint density at radius 1 is 0.571 bits per heavy atom. The van der Waals surface area contributed by atoms with Gasteiger partial charge in [-0.1, -0.05) is 48.6 Å². The number of rotatable bonds is 1. The van der Waals surface area contributed by atoms with Crippen molar-refractivity contribution in [3.8, 4) is 11.1 Å². The molecule has 150 valence electrons. The van der Waals surface area contributed by atoms with E-state index in [0.717, 1.165) is 11.1 Å². The Hall–Kier alpha value is -2.22. The Balaban J connectivity index is 0.000000381. The summed E-state index contributed by atoms with van der Waals surface area (Å²) in [5.74, 6) is 0.769. The predicted octanol–water partition coefficient (Wildman–Crippen LogP) is 6.68. The molecule has 2 nitrogen and oxygen atoms in total. The van der Waals surface area contributed by atoms with Gasteiger partial charge in [0.05, 0.1) is 11.5 Å². The van der Waals surface area contributed by atoms with E-state index in [1.807, 2.05) is 48.6 Å². The van der Waals surface area contributed by atoms with Crippen molar-refractivity contribution in [1.82, 2.24) is 0 Å². The molecule has 0 radical (unpaired) electrons. The number of aliphatic hydroxyl groups is 2. The molecule has 2 aliphatic carbocycles. The molecule has 0 atom stereocenters. The topological polar surface area (TPSA) is 40.5 Å². The Morgan fingerprint density at radius 2 is 0.821 bits per heavy atom. The van der Waals surface area contributed by atoms with E-state index in [1.54, 1.807) is 13.8 Å². The fraction of sp³-hybridized carbons (Fsp3) is 0.0833. The third-order valence-corrected chi connectivity index (χ3v) is 3.82. The predicted molar refractivity (Wildman–Crippen MR) is 110 cm³/mol.